The molecule has 5 heteroatoms. The highest BCUT2D eigenvalue weighted by Gasteiger charge is 2.52. The van der Waals surface area contributed by atoms with Crippen LogP contribution in [0.25, 0.3) is 0 Å². The van der Waals surface area contributed by atoms with Crippen LogP contribution in [-0.2, 0) is 18.8 Å². The van der Waals surface area contributed by atoms with Crippen LogP contribution in [0.2, 0.25) is 18.1 Å². The van der Waals surface area contributed by atoms with E-state index in [4.69, 9.17) is 9.16 Å². The first-order valence-corrected chi connectivity index (χ1v) is 13.9. The van der Waals surface area contributed by atoms with Crippen LogP contribution in [0.3, 0.4) is 0 Å². The van der Waals surface area contributed by atoms with Crippen LogP contribution >= 0.6 is 0 Å². The molecule has 0 radical (unpaired) electrons. The number of unbranched alkanes of at least 4 members (excludes halogenated alkanes) is 1. The summed E-state index contributed by atoms with van der Waals surface area (Å²) in [7, 11) is -1.93. The highest BCUT2D eigenvalue weighted by atomic mass is 28.4. The highest BCUT2D eigenvalue weighted by Crippen LogP contribution is 2.47. The summed E-state index contributed by atoms with van der Waals surface area (Å²) in [4.78, 5) is 24.1. The molecule has 2 fully saturated rings. The molecule has 0 aromatic carbocycles. The third-order valence-electron chi connectivity index (χ3n) is 6.76. The van der Waals surface area contributed by atoms with Crippen LogP contribution in [0, 0.1) is 17.8 Å². The Morgan fingerprint density at radius 3 is 2.57 bits per heavy atom. The molecule has 0 amide bonds. The van der Waals surface area contributed by atoms with Gasteiger partial charge in [0.05, 0.1) is 12.5 Å². The first kappa shape index (κ1) is 23.3. The van der Waals surface area contributed by atoms with Gasteiger partial charge in [-0.2, -0.15) is 0 Å². The third kappa shape index (κ3) is 6.03. The molecule has 160 valence electrons. The predicted octanol–water partition coefficient (Wildman–Crippen LogP) is 5.67. The molecule has 4 nitrogen and oxygen atoms in total. The van der Waals surface area contributed by atoms with Gasteiger partial charge in [0.2, 0.25) is 0 Å². The lowest BCUT2D eigenvalue weighted by atomic mass is 9.91. The van der Waals surface area contributed by atoms with E-state index < -0.39 is 8.32 Å². The molecule has 0 unspecified atom stereocenters. The van der Waals surface area contributed by atoms with Crippen molar-refractivity contribution in [2.45, 2.75) is 103 Å². The number of ketones is 1. The van der Waals surface area contributed by atoms with Gasteiger partial charge < -0.3 is 9.16 Å². The number of fused-ring (bicyclic) bond motifs is 1. The number of allylic oxidation sites excluding steroid dienone is 1. The molecule has 2 aliphatic rings. The average molecular weight is 409 g/mol. The van der Waals surface area contributed by atoms with Gasteiger partial charge in [-0.05, 0) is 36.5 Å². The number of esters is 1. The molecular weight excluding hydrogens is 368 g/mol. The van der Waals surface area contributed by atoms with E-state index in [-0.39, 0.29) is 40.8 Å². The lowest BCUT2D eigenvalue weighted by Gasteiger charge is -2.39. The molecule has 1 saturated heterocycles. The number of ether oxygens (including phenoxy) is 1. The second-order valence-corrected chi connectivity index (χ2v) is 15.3. The number of carbonyl (C=O) groups is 2. The first-order chi connectivity index (χ1) is 12.9. The van der Waals surface area contributed by atoms with Crippen LogP contribution in [0.4, 0.5) is 0 Å². The average Bonchev–Trinajstić information content (AvgIpc) is 3.03. The zero-order valence-electron chi connectivity index (χ0n) is 18.9. The summed E-state index contributed by atoms with van der Waals surface area (Å²) in [6.07, 6.45) is 8.77. The van der Waals surface area contributed by atoms with Gasteiger partial charge in [-0.1, -0.05) is 53.5 Å². The summed E-state index contributed by atoms with van der Waals surface area (Å²) in [6.45, 7) is 15.7. The fourth-order valence-corrected chi connectivity index (χ4v) is 5.36. The van der Waals surface area contributed by atoms with E-state index in [1.54, 1.807) is 6.08 Å². The van der Waals surface area contributed by atoms with E-state index in [0.29, 0.717) is 18.8 Å². The molecule has 4 atom stereocenters. The topological polar surface area (TPSA) is 52.6 Å². The summed E-state index contributed by atoms with van der Waals surface area (Å²) >= 11 is 0. The lowest BCUT2D eigenvalue weighted by molar-refractivity contribution is -0.141. The normalized spacial score (nSPS) is 28.2. The molecule has 0 bridgehead atoms. The van der Waals surface area contributed by atoms with Crippen LogP contribution < -0.4 is 0 Å². The molecule has 0 N–H and O–H groups in total. The molecule has 1 heterocycles. The van der Waals surface area contributed by atoms with Crippen LogP contribution in [0.5, 0.6) is 0 Å². The van der Waals surface area contributed by atoms with E-state index in [1.165, 1.54) is 6.42 Å². The highest BCUT2D eigenvalue weighted by molar-refractivity contribution is 6.74. The van der Waals surface area contributed by atoms with E-state index >= 15 is 0 Å². The Balaban J connectivity index is 2.02. The molecule has 2 rings (SSSR count). The van der Waals surface area contributed by atoms with Crippen LogP contribution in [0.1, 0.15) is 73.1 Å². The fourth-order valence-electron chi connectivity index (χ4n) is 4.00. The monoisotopic (exact) mass is 408 g/mol. The Labute approximate surface area is 172 Å². The minimum absolute atomic E-state index is 0.0361. The SMILES string of the molecule is CC(C)CCCCC(=O)/C=C/[C@@H]1[C@H]2CC(=O)O[C@H]2C[C@H]1O[Si](C)(C)C(C)(C)C. The second kappa shape index (κ2) is 9.25. The Kier molecular flexibility index (Phi) is 7.71. The van der Waals surface area contributed by atoms with Gasteiger partial charge in [-0.25, -0.2) is 0 Å². The maximum Gasteiger partial charge on any atom is 0.306 e. The third-order valence-corrected chi connectivity index (χ3v) is 11.3. The van der Waals surface area contributed by atoms with Gasteiger partial charge in [0, 0.05) is 24.7 Å². The van der Waals surface area contributed by atoms with Crippen molar-refractivity contribution in [1.82, 2.24) is 0 Å². The smallest absolute Gasteiger partial charge is 0.306 e. The quantitative estimate of drug-likeness (QED) is 0.213. The van der Waals surface area contributed by atoms with Gasteiger partial charge in [-0.3, -0.25) is 9.59 Å². The predicted molar refractivity (Wildman–Crippen MR) is 116 cm³/mol. The summed E-state index contributed by atoms with van der Waals surface area (Å²) in [5, 5.41) is 0.127. The van der Waals surface area contributed by atoms with Crippen molar-refractivity contribution in [3.8, 4) is 0 Å². The Hall–Kier alpha value is -0.943. The number of rotatable bonds is 9. The molecule has 1 aliphatic carbocycles. The summed E-state index contributed by atoms with van der Waals surface area (Å²) in [5.41, 5.74) is 0. The summed E-state index contributed by atoms with van der Waals surface area (Å²) < 4.78 is 12.2. The summed E-state index contributed by atoms with van der Waals surface area (Å²) in [5.74, 6) is 0.995. The molecule has 0 aromatic heterocycles. The Bertz CT molecular complexity index is 588. The molecular formula is C23H40O4Si. The molecule has 0 spiro atoms. The zero-order chi connectivity index (χ0) is 21.1. The van der Waals surface area contributed by atoms with E-state index in [0.717, 1.165) is 19.3 Å². The minimum atomic E-state index is -1.93. The maximum absolute atomic E-state index is 12.3. The van der Waals surface area contributed by atoms with Gasteiger partial charge in [0.1, 0.15) is 6.10 Å². The van der Waals surface area contributed by atoms with E-state index in [2.05, 4.69) is 47.7 Å². The van der Waals surface area contributed by atoms with E-state index in [1.807, 2.05) is 6.08 Å². The van der Waals surface area contributed by atoms with Gasteiger partial charge in [0.15, 0.2) is 14.1 Å². The van der Waals surface area contributed by atoms with Crippen molar-refractivity contribution in [1.29, 1.82) is 0 Å². The maximum atomic E-state index is 12.3. The van der Waals surface area contributed by atoms with Crippen molar-refractivity contribution >= 4 is 20.1 Å². The van der Waals surface area contributed by atoms with Crippen molar-refractivity contribution in [2.75, 3.05) is 0 Å². The van der Waals surface area contributed by atoms with Gasteiger partial charge in [0.25, 0.3) is 0 Å². The second-order valence-electron chi connectivity index (χ2n) is 10.6. The van der Waals surface area contributed by atoms with Crippen LogP contribution in [-0.4, -0.2) is 32.3 Å². The van der Waals surface area contributed by atoms with Gasteiger partial charge in [-0.15, -0.1) is 0 Å². The molecule has 1 saturated carbocycles. The fraction of sp³-hybridized carbons (Fsp3) is 0.826. The first-order valence-electron chi connectivity index (χ1n) is 11.0. The molecule has 0 aromatic rings. The van der Waals surface area contributed by atoms with Gasteiger partial charge >= 0.3 is 5.97 Å². The standard InChI is InChI=1S/C23H40O4Si/c1-16(2)10-8-9-11-17(24)12-13-18-19-14-22(25)26-20(19)15-21(18)27-28(6,7)23(3,4)5/h12-13,16,18-21H,8-11,14-15H2,1-7H3/b13-12+/t18-,19-,20+,21-/m1/s1. The van der Waals surface area contributed by atoms with Crippen molar-refractivity contribution < 1.29 is 18.8 Å². The van der Waals surface area contributed by atoms with Crippen LogP contribution in [0.15, 0.2) is 12.2 Å². The van der Waals surface area contributed by atoms with Crippen molar-refractivity contribution in [3.63, 3.8) is 0 Å². The number of hydrogen-bond donors (Lipinski definition) is 0. The summed E-state index contributed by atoms with van der Waals surface area (Å²) in [6, 6.07) is 0. The molecule has 28 heavy (non-hydrogen) atoms. The Morgan fingerprint density at radius 1 is 1.29 bits per heavy atom. The molecule has 1 aliphatic heterocycles. The zero-order valence-corrected chi connectivity index (χ0v) is 19.9. The lowest BCUT2D eigenvalue weighted by Crippen LogP contribution is -2.45. The number of hydrogen-bond acceptors (Lipinski definition) is 4. The van der Waals surface area contributed by atoms with Crippen molar-refractivity contribution in [2.24, 2.45) is 17.8 Å². The Morgan fingerprint density at radius 2 is 1.96 bits per heavy atom. The number of carbonyl (C=O) groups excluding carboxylic acids is 2. The van der Waals surface area contributed by atoms with Crippen molar-refractivity contribution in [3.05, 3.63) is 12.2 Å². The van der Waals surface area contributed by atoms with E-state index in [9.17, 15) is 9.59 Å². The largest absolute Gasteiger partial charge is 0.462 e. The minimum Gasteiger partial charge on any atom is -0.462 e.